The average Bonchev–Trinajstić information content (AvgIpc) is 3.11. The van der Waals surface area contributed by atoms with Crippen LogP contribution in [0.5, 0.6) is 0 Å². The van der Waals surface area contributed by atoms with Crippen molar-refractivity contribution in [2.75, 3.05) is 13.1 Å². The van der Waals surface area contributed by atoms with Crippen molar-refractivity contribution in [3.05, 3.63) is 53.6 Å². The number of fused-ring (bicyclic) bond motifs is 1. The molecule has 0 radical (unpaired) electrons. The van der Waals surface area contributed by atoms with Crippen LogP contribution in [0.2, 0.25) is 0 Å². The third-order valence-corrected chi connectivity index (χ3v) is 8.01. The largest absolute Gasteiger partial charge is 0.316 e. The maximum Gasteiger partial charge on any atom is 0.243 e. The molecule has 0 aliphatic heterocycles. The predicted molar refractivity (Wildman–Crippen MR) is 121 cm³/mol. The molecular weight excluding hydrogens is 416 g/mol. The smallest absolute Gasteiger partial charge is 0.243 e. The average molecular weight is 443 g/mol. The number of nitrogens with zero attached hydrogens (tertiary/aromatic N) is 4. The normalized spacial score (nSPS) is 12.0. The molecule has 0 saturated carbocycles. The Bertz CT molecular complexity index is 1170. The lowest BCUT2D eigenvalue weighted by atomic mass is 10.2. The number of nitriles is 1. The van der Waals surface area contributed by atoms with Gasteiger partial charge in [-0.25, -0.2) is 13.4 Å². The maximum absolute atomic E-state index is 12.9. The first-order chi connectivity index (χ1) is 14.3. The fourth-order valence-electron chi connectivity index (χ4n) is 3.35. The molecule has 0 bridgehead atoms. The lowest BCUT2D eigenvalue weighted by Gasteiger charge is -2.18. The monoisotopic (exact) mass is 442 g/mol. The standard InChI is InChI=1S/C22H26N4O2S2/c1-5-25(6-2)30(27,28)19-11-12-21-20(13-19)24-22(26(21)16(3)4)29-15-18-9-7-17(14-23)8-10-18/h7-13,16H,5-6,15H2,1-4H3. The summed E-state index contributed by atoms with van der Waals surface area (Å²) in [6.45, 7) is 8.73. The van der Waals surface area contributed by atoms with Crippen LogP contribution in [0.3, 0.4) is 0 Å². The van der Waals surface area contributed by atoms with Crippen molar-refractivity contribution < 1.29 is 8.42 Å². The van der Waals surface area contributed by atoms with Crippen LogP contribution in [0.4, 0.5) is 0 Å². The van der Waals surface area contributed by atoms with Gasteiger partial charge in [-0.05, 0) is 49.7 Å². The highest BCUT2D eigenvalue weighted by molar-refractivity contribution is 7.98. The second-order valence-electron chi connectivity index (χ2n) is 7.20. The third-order valence-electron chi connectivity index (χ3n) is 4.94. The van der Waals surface area contributed by atoms with Crippen LogP contribution < -0.4 is 0 Å². The van der Waals surface area contributed by atoms with Crippen molar-refractivity contribution in [2.24, 2.45) is 0 Å². The molecule has 3 aromatic rings. The molecule has 6 nitrogen and oxygen atoms in total. The molecule has 30 heavy (non-hydrogen) atoms. The molecule has 2 aromatic carbocycles. The van der Waals surface area contributed by atoms with E-state index in [0.29, 0.717) is 29.9 Å². The van der Waals surface area contributed by atoms with Crippen LogP contribution in [-0.4, -0.2) is 35.4 Å². The van der Waals surface area contributed by atoms with Crippen molar-refractivity contribution >= 4 is 32.8 Å². The molecule has 0 amide bonds. The zero-order chi connectivity index (χ0) is 21.9. The summed E-state index contributed by atoms with van der Waals surface area (Å²) in [6, 6.07) is 15.0. The van der Waals surface area contributed by atoms with Crippen molar-refractivity contribution in [1.82, 2.24) is 13.9 Å². The maximum atomic E-state index is 12.9. The van der Waals surface area contributed by atoms with Crippen LogP contribution >= 0.6 is 11.8 Å². The Kier molecular flexibility index (Phi) is 6.86. The van der Waals surface area contributed by atoms with Gasteiger partial charge in [0.25, 0.3) is 0 Å². The quantitative estimate of drug-likeness (QED) is 0.468. The highest BCUT2D eigenvalue weighted by atomic mass is 32.2. The Morgan fingerprint density at radius 2 is 1.80 bits per heavy atom. The van der Waals surface area contributed by atoms with Crippen LogP contribution in [0.25, 0.3) is 11.0 Å². The summed E-state index contributed by atoms with van der Waals surface area (Å²) >= 11 is 1.61. The Morgan fingerprint density at radius 1 is 1.13 bits per heavy atom. The molecule has 0 unspecified atom stereocenters. The number of aromatic nitrogens is 2. The summed E-state index contributed by atoms with van der Waals surface area (Å²) in [4.78, 5) is 5.03. The fraction of sp³-hybridized carbons (Fsp3) is 0.364. The lowest BCUT2D eigenvalue weighted by Crippen LogP contribution is -2.30. The van der Waals surface area contributed by atoms with Crippen LogP contribution in [-0.2, 0) is 15.8 Å². The van der Waals surface area contributed by atoms with Gasteiger partial charge in [0, 0.05) is 24.9 Å². The summed E-state index contributed by atoms with van der Waals surface area (Å²) in [5.41, 5.74) is 3.34. The highest BCUT2D eigenvalue weighted by Gasteiger charge is 2.23. The second kappa shape index (κ2) is 9.21. The molecule has 0 saturated heterocycles. The van der Waals surface area contributed by atoms with Crippen LogP contribution in [0, 0.1) is 11.3 Å². The minimum Gasteiger partial charge on any atom is -0.316 e. The van der Waals surface area contributed by atoms with E-state index in [0.717, 1.165) is 16.2 Å². The summed E-state index contributed by atoms with van der Waals surface area (Å²) in [5.74, 6) is 0.715. The molecule has 158 valence electrons. The van der Waals surface area contributed by atoms with E-state index in [1.807, 2.05) is 44.2 Å². The summed E-state index contributed by atoms with van der Waals surface area (Å²) in [5, 5.41) is 9.79. The van der Waals surface area contributed by atoms with Crippen molar-refractivity contribution in [1.29, 1.82) is 5.26 Å². The first-order valence-corrected chi connectivity index (χ1v) is 12.4. The number of thioether (sulfide) groups is 1. The molecule has 0 atom stereocenters. The highest BCUT2D eigenvalue weighted by Crippen LogP contribution is 2.31. The first kappa shape index (κ1) is 22.3. The zero-order valence-corrected chi connectivity index (χ0v) is 19.3. The minimum absolute atomic E-state index is 0.184. The Morgan fingerprint density at radius 3 is 2.37 bits per heavy atom. The number of benzene rings is 2. The van der Waals surface area contributed by atoms with Crippen LogP contribution in [0.1, 0.15) is 44.9 Å². The van der Waals surface area contributed by atoms with E-state index in [1.165, 1.54) is 4.31 Å². The third kappa shape index (κ3) is 4.38. The number of hydrogen-bond donors (Lipinski definition) is 0. The summed E-state index contributed by atoms with van der Waals surface area (Å²) < 4.78 is 29.4. The summed E-state index contributed by atoms with van der Waals surface area (Å²) in [6.07, 6.45) is 0. The molecule has 0 aliphatic rings. The second-order valence-corrected chi connectivity index (χ2v) is 10.1. The molecule has 0 fully saturated rings. The van der Waals surface area contributed by atoms with Gasteiger partial charge < -0.3 is 4.57 Å². The molecule has 0 N–H and O–H groups in total. The van der Waals surface area contributed by atoms with Gasteiger partial charge in [0.15, 0.2) is 5.16 Å². The van der Waals surface area contributed by atoms with Gasteiger partial charge in [0.1, 0.15) is 0 Å². The van der Waals surface area contributed by atoms with Gasteiger partial charge in [-0.2, -0.15) is 9.57 Å². The number of sulfonamides is 1. The number of hydrogen-bond acceptors (Lipinski definition) is 5. The van der Waals surface area contributed by atoms with E-state index in [1.54, 1.807) is 23.9 Å². The zero-order valence-electron chi connectivity index (χ0n) is 17.7. The van der Waals surface area contributed by atoms with Crippen molar-refractivity contribution in [3.63, 3.8) is 0 Å². The van der Waals surface area contributed by atoms with Gasteiger partial charge in [0.05, 0.1) is 27.6 Å². The van der Waals surface area contributed by atoms with Gasteiger partial charge in [0.2, 0.25) is 10.0 Å². The van der Waals surface area contributed by atoms with Gasteiger partial charge in [-0.1, -0.05) is 37.7 Å². The predicted octanol–water partition coefficient (Wildman–Crippen LogP) is 4.81. The Balaban J connectivity index is 1.96. The van der Waals surface area contributed by atoms with Crippen molar-refractivity contribution in [2.45, 2.75) is 49.5 Å². The van der Waals surface area contributed by atoms with Gasteiger partial charge in [-0.3, -0.25) is 0 Å². The molecule has 1 heterocycles. The Labute approximate surface area is 182 Å². The summed E-state index contributed by atoms with van der Waals surface area (Å²) in [7, 11) is -3.53. The molecule has 3 rings (SSSR count). The number of imidazole rings is 1. The molecule has 0 spiro atoms. The molecule has 1 aromatic heterocycles. The molecule has 0 aliphatic carbocycles. The van der Waals surface area contributed by atoms with Crippen molar-refractivity contribution in [3.8, 4) is 6.07 Å². The number of rotatable bonds is 8. The van der Waals surface area contributed by atoms with E-state index >= 15 is 0 Å². The molecule has 8 heteroatoms. The van der Waals surface area contributed by atoms with Gasteiger partial charge >= 0.3 is 0 Å². The molecular formula is C22H26N4O2S2. The minimum atomic E-state index is -3.53. The SMILES string of the molecule is CCN(CC)S(=O)(=O)c1ccc2c(c1)nc(SCc1ccc(C#N)cc1)n2C(C)C. The van der Waals surface area contributed by atoms with Crippen LogP contribution in [0.15, 0.2) is 52.5 Å². The lowest BCUT2D eigenvalue weighted by molar-refractivity contribution is 0.445. The first-order valence-electron chi connectivity index (χ1n) is 9.95. The van der Waals surface area contributed by atoms with E-state index < -0.39 is 10.0 Å². The topological polar surface area (TPSA) is 79.0 Å². The Hall–Kier alpha value is -2.34. The van der Waals surface area contributed by atoms with E-state index in [9.17, 15) is 8.42 Å². The fourth-order valence-corrected chi connectivity index (χ4v) is 5.93. The van der Waals surface area contributed by atoms with E-state index in [-0.39, 0.29) is 10.9 Å². The van der Waals surface area contributed by atoms with Gasteiger partial charge in [-0.15, -0.1) is 0 Å². The van der Waals surface area contributed by atoms with E-state index in [2.05, 4.69) is 24.5 Å². The van der Waals surface area contributed by atoms with E-state index in [4.69, 9.17) is 10.2 Å².